The Hall–Kier alpha value is -0.960. The molecule has 0 unspecified atom stereocenters. The van der Waals surface area contributed by atoms with Crippen molar-refractivity contribution in [3.8, 4) is 11.1 Å². The first kappa shape index (κ1) is 22.1. The molecule has 25 heavy (non-hydrogen) atoms. The summed E-state index contributed by atoms with van der Waals surface area (Å²) in [5, 5.41) is 3.52. The Morgan fingerprint density at radius 2 is 1.20 bits per heavy atom. The van der Waals surface area contributed by atoms with Crippen molar-refractivity contribution in [3.05, 3.63) is 48.5 Å². The number of nitrogens with two attached hydrogens (primary N) is 1. The molecule has 3 N–H and O–H groups in total. The summed E-state index contributed by atoms with van der Waals surface area (Å²) in [5.74, 6) is 0. The van der Waals surface area contributed by atoms with E-state index in [2.05, 4.69) is 48.6 Å². The zero-order valence-electron chi connectivity index (χ0n) is 17.1. The smallest absolute Gasteiger partial charge is 1.00 e. The van der Waals surface area contributed by atoms with Crippen molar-refractivity contribution in [1.82, 2.24) is 0 Å². The van der Waals surface area contributed by atoms with E-state index in [0.29, 0.717) is 0 Å². The third-order valence-electron chi connectivity index (χ3n) is 4.49. The Labute approximate surface area is 177 Å². The fraction of sp³-hybridized carbons (Fsp3) is 0.455. The fourth-order valence-corrected chi connectivity index (χ4v) is 2.95. The van der Waals surface area contributed by atoms with Crippen molar-refractivity contribution in [3.63, 3.8) is 0 Å². The molecule has 0 aromatic heterocycles. The summed E-state index contributed by atoms with van der Waals surface area (Å²) in [4.78, 5) is 0. The maximum Gasteiger partial charge on any atom is 1.00 e. The SMILES string of the molecule is CCCCCCCCCCNc1ccc(-c2ccc(N)cc2)cc1.[H-].[Na+]. The third kappa shape index (κ3) is 8.80. The Kier molecular flexibility index (Phi) is 11.7. The van der Waals surface area contributed by atoms with Gasteiger partial charge < -0.3 is 12.5 Å². The third-order valence-corrected chi connectivity index (χ3v) is 4.49. The molecule has 0 spiro atoms. The van der Waals surface area contributed by atoms with Gasteiger partial charge in [0, 0.05) is 17.9 Å². The van der Waals surface area contributed by atoms with Gasteiger partial charge in [-0.3, -0.25) is 0 Å². The largest absolute Gasteiger partial charge is 1.00 e. The minimum Gasteiger partial charge on any atom is -1.00 e. The van der Waals surface area contributed by atoms with Gasteiger partial charge in [0.2, 0.25) is 0 Å². The van der Waals surface area contributed by atoms with E-state index in [0.717, 1.165) is 12.2 Å². The fourth-order valence-electron chi connectivity index (χ4n) is 2.95. The van der Waals surface area contributed by atoms with Gasteiger partial charge in [0.25, 0.3) is 0 Å². The summed E-state index contributed by atoms with van der Waals surface area (Å²) in [7, 11) is 0. The minimum absolute atomic E-state index is 0. The van der Waals surface area contributed by atoms with Crippen molar-refractivity contribution in [1.29, 1.82) is 0 Å². The first-order valence-electron chi connectivity index (χ1n) is 9.49. The molecule has 2 aromatic rings. The van der Waals surface area contributed by atoms with Gasteiger partial charge in [-0.15, -0.1) is 0 Å². The average molecular weight is 349 g/mol. The van der Waals surface area contributed by atoms with Crippen LogP contribution in [0.2, 0.25) is 0 Å². The first-order valence-corrected chi connectivity index (χ1v) is 9.49. The van der Waals surface area contributed by atoms with Crippen LogP contribution >= 0.6 is 0 Å². The van der Waals surface area contributed by atoms with E-state index in [1.807, 2.05) is 12.1 Å². The number of hydrogen-bond acceptors (Lipinski definition) is 2. The van der Waals surface area contributed by atoms with Crippen LogP contribution in [0.4, 0.5) is 11.4 Å². The molecule has 0 aliphatic heterocycles. The molecule has 2 rings (SSSR count). The van der Waals surface area contributed by atoms with Gasteiger partial charge in [0.1, 0.15) is 0 Å². The van der Waals surface area contributed by atoms with Crippen LogP contribution in [0.25, 0.3) is 11.1 Å². The van der Waals surface area contributed by atoms with Crippen LogP contribution in [0.15, 0.2) is 48.5 Å². The predicted octanol–water partition coefficient (Wildman–Crippen LogP) is 3.60. The second-order valence-corrected chi connectivity index (χ2v) is 6.60. The van der Waals surface area contributed by atoms with E-state index in [9.17, 15) is 0 Å². The molecule has 0 heterocycles. The summed E-state index contributed by atoms with van der Waals surface area (Å²) in [6.45, 7) is 3.34. The van der Waals surface area contributed by atoms with Gasteiger partial charge in [-0.2, -0.15) is 0 Å². The van der Waals surface area contributed by atoms with Gasteiger partial charge in [-0.1, -0.05) is 76.1 Å². The molecule has 0 saturated heterocycles. The molecule has 0 amide bonds. The van der Waals surface area contributed by atoms with Crippen LogP contribution in [-0.4, -0.2) is 6.54 Å². The summed E-state index contributed by atoms with van der Waals surface area (Å²) >= 11 is 0. The molecular weight excluding hydrogens is 315 g/mol. The van der Waals surface area contributed by atoms with E-state index < -0.39 is 0 Å². The Bertz CT molecular complexity index is 570. The summed E-state index contributed by atoms with van der Waals surface area (Å²) in [6.07, 6.45) is 10.9. The summed E-state index contributed by atoms with van der Waals surface area (Å²) in [6, 6.07) is 16.7. The molecule has 0 aliphatic rings. The van der Waals surface area contributed by atoms with Crippen molar-refractivity contribution in [2.24, 2.45) is 0 Å². The number of nitrogen functional groups attached to an aromatic ring is 1. The van der Waals surface area contributed by atoms with Crippen molar-refractivity contribution in [2.45, 2.75) is 58.3 Å². The van der Waals surface area contributed by atoms with Gasteiger partial charge in [0.05, 0.1) is 0 Å². The molecule has 0 saturated carbocycles. The van der Waals surface area contributed by atoms with E-state index in [4.69, 9.17) is 5.73 Å². The molecule has 0 fully saturated rings. The van der Waals surface area contributed by atoms with Gasteiger partial charge in [-0.25, -0.2) is 0 Å². The number of anilines is 2. The first-order chi connectivity index (χ1) is 11.8. The maximum absolute atomic E-state index is 5.74. The van der Waals surface area contributed by atoms with Gasteiger partial charge in [0.15, 0.2) is 0 Å². The number of hydrogen-bond donors (Lipinski definition) is 2. The Balaban J connectivity index is 0.00000312. The summed E-state index contributed by atoms with van der Waals surface area (Å²) in [5.41, 5.74) is 10.2. The van der Waals surface area contributed by atoms with Crippen LogP contribution < -0.4 is 40.6 Å². The van der Waals surface area contributed by atoms with Crippen molar-refractivity contribution >= 4 is 11.4 Å². The molecule has 2 aromatic carbocycles. The molecule has 2 nitrogen and oxygen atoms in total. The Morgan fingerprint density at radius 1 is 0.720 bits per heavy atom. The minimum atomic E-state index is 0. The number of nitrogens with one attached hydrogen (secondary N) is 1. The number of unbranched alkanes of at least 4 members (excludes halogenated alkanes) is 7. The number of rotatable bonds is 11. The zero-order chi connectivity index (χ0) is 17.0. The molecule has 132 valence electrons. The topological polar surface area (TPSA) is 38.0 Å². The quantitative estimate of drug-likeness (QED) is 0.370. The van der Waals surface area contributed by atoms with Crippen LogP contribution in [0, 0.1) is 0 Å². The van der Waals surface area contributed by atoms with E-state index in [-0.39, 0.29) is 31.0 Å². The molecule has 0 atom stereocenters. The van der Waals surface area contributed by atoms with Gasteiger partial charge in [-0.05, 0) is 41.8 Å². The standard InChI is InChI=1S/C22H32N2.Na.H/c1-2-3-4-5-6-7-8-9-18-24-22-16-12-20(13-17-22)19-10-14-21(23)15-11-19;;/h10-17,24H,2-9,18,23H2,1H3;;/q;+1;-1. The zero-order valence-corrected chi connectivity index (χ0v) is 18.1. The van der Waals surface area contributed by atoms with Crippen molar-refractivity contribution < 1.29 is 31.0 Å². The maximum atomic E-state index is 5.74. The van der Waals surface area contributed by atoms with Crippen molar-refractivity contribution in [2.75, 3.05) is 17.6 Å². The van der Waals surface area contributed by atoms with E-state index in [1.165, 1.54) is 68.2 Å². The molecule has 0 radical (unpaired) electrons. The van der Waals surface area contributed by atoms with Gasteiger partial charge >= 0.3 is 29.6 Å². The molecule has 0 bridgehead atoms. The average Bonchev–Trinajstić information content (AvgIpc) is 2.62. The second-order valence-electron chi connectivity index (χ2n) is 6.60. The van der Waals surface area contributed by atoms with Crippen LogP contribution in [0.5, 0.6) is 0 Å². The van der Waals surface area contributed by atoms with Crippen LogP contribution in [0.1, 0.15) is 59.7 Å². The number of benzene rings is 2. The molecule has 3 heteroatoms. The Morgan fingerprint density at radius 3 is 1.76 bits per heavy atom. The van der Waals surface area contributed by atoms with Crippen LogP contribution in [-0.2, 0) is 0 Å². The monoisotopic (exact) mass is 348 g/mol. The normalized spacial score (nSPS) is 10.3. The molecular formula is C22H33N2Na. The van der Waals surface area contributed by atoms with Crippen LogP contribution in [0.3, 0.4) is 0 Å². The second kappa shape index (κ2) is 13.3. The van der Waals surface area contributed by atoms with E-state index in [1.54, 1.807) is 0 Å². The van der Waals surface area contributed by atoms with E-state index >= 15 is 0 Å². The predicted molar refractivity (Wildman–Crippen MR) is 109 cm³/mol. The summed E-state index contributed by atoms with van der Waals surface area (Å²) < 4.78 is 0. The molecule has 0 aliphatic carbocycles.